The summed E-state index contributed by atoms with van der Waals surface area (Å²) in [5.74, 6) is -0.833. The maximum atomic E-state index is 9.63. The van der Waals surface area contributed by atoms with Gasteiger partial charge in [0.15, 0.2) is 5.34 Å². The summed E-state index contributed by atoms with van der Waals surface area (Å²) >= 11 is 0. The molecule has 1 N–H and O–H groups in total. The highest BCUT2D eigenvalue weighted by molar-refractivity contribution is 5.62. The Morgan fingerprint density at radius 3 is 2.33 bits per heavy atom. The Morgan fingerprint density at radius 1 is 1.40 bits per heavy atom. The van der Waals surface area contributed by atoms with Crippen LogP contribution in [-0.2, 0) is 9.63 Å². The van der Waals surface area contributed by atoms with Crippen LogP contribution >= 0.6 is 0 Å². The lowest BCUT2D eigenvalue weighted by Gasteiger charge is -2.05. The minimum atomic E-state index is -0.833. The minimum Gasteiger partial charge on any atom is -0.481 e. The Morgan fingerprint density at radius 2 is 1.93 bits per heavy atom. The molecule has 0 saturated heterocycles. The number of nitrogens with zero attached hydrogens (tertiary/aromatic N) is 1. The Balaban J connectivity index is 0. The number of unbranched alkanes of at least 4 members (excludes halogenated alkanes) is 3. The van der Waals surface area contributed by atoms with Crippen molar-refractivity contribution in [2.24, 2.45) is 5.34 Å². The highest BCUT2D eigenvalue weighted by atomic mass is 16.7. The van der Waals surface area contributed by atoms with Gasteiger partial charge in [-0.25, -0.2) is 0 Å². The van der Waals surface area contributed by atoms with Gasteiger partial charge in [-0.15, -0.1) is 4.91 Å². The molecular weight excluding hydrogens is 198 g/mol. The highest BCUT2D eigenvalue weighted by Gasteiger charge is 2.00. The average Bonchev–Trinajstić information content (AvgIpc) is 2.12. The Labute approximate surface area is 90.7 Å². The number of hydrogen-bond donors (Lipinski definition) is 1. The van der Waals surface area contributed by atoms with Crippen molar-refractivity contribution in [1.29, 1.82) is 0 Å². The lowest BCUT2D eigenvalue weighted by atomic mass is 10.1. The summed E-state index contributed by atoms with van der Waals surface area (Å²) < 4.78 is 0. The minimum absolute atomic E-state index is 0.00986. The van der Waals surface area contributed by atoms with Gasteiger partial charge in [0.25, 0.3) is 5.97 Å². The molecule has 5 nitrogen and oxygen atoms in total. The Kier molecular flexibility index (Phi) is 14.0. The van der Waals surface area contributed by atoms with Crippen LogP contribution in [0.15, 0.2) is 5.34 Å². The van der Waals surface area contributed by atoms with E-state index < -0.39 is 5.97 Å². The van der Waals surface area contributed by atoms with Gasteiger partial charge < -0.3 is 9.94 Å². The first kappa shape index (κ1) is 16.3. The molecule has 0 heterocycles. The van der Waals surface area contributed by atoms with E-state index >= 15 is 0 Å². The standard InChI is InChI=1S/C8H17NO2.C2H4O2/c1-3-4-5-6-7-8(2)11-9-10;1-2(3)4/h8H,3-7H2,1-2H3;1H3,(H,3,4). The smallest absolute Gasteiger partial charge is 0.300 e. The van der Waals surface area contributed by atoms with Crippen molar-refractivity contribution in [1.82, 2.24) is 0 Å². The van der Waals surface area contributed by atoms with Crippen LogP contribution in [-0.4, -0.2) is 17.2 Å². The van der Waals surface area contributed by atoms with E-state index in [4.69, 9.17) is 9.90 Å². The molecule has 0 aromatic carbocycles. The monoisotopic (exact) mass is 219 g/mol. The molecular formula is C10H21NO4. The molecule has 0 fully saturated rings. The molecule has 0 aromatic heterocycles. The van der Waals surface area contributed by atoms with Crippen LogP contribution in [0.3, 0.4) is 0 Å². The number of hydrogen-bond acceptors (Lipinski definition) is 4. The first-order chi connectivity index (χ1) is 7.04. The van der Waals surface area contributed by atoms with Crippen molar-refractivity contribution in [2.45, 2.75) is 59.0 Å². The van der Waals surface area contributed by atoms with Gasteiger partial charge in [-0.2, -0.15) is 0 Å². The van der Waals surface area contributed by atoms with Crippen molar-refractivity contribution in [3.8, 4) is 0 Å². The topological polar surface area (TPSA) is 76.0 Å². The Hall–Kier alpha value is -1.13. The zero-order valence-electron chi connectivity index (χ0n) is 9.73. The van der Waals surface area contributed by atoms with Crippen LogP contribution in [0.5, 0.6) is 0 Å². The highest BCUT2D eigenvalue weighted by Crippen LogP contribution is 2.07. The molecule has 1 unspecified atom stereocenters. The molecule has 0 rings (SSSR count). The SMILES string of the molecule is CC(=O)O.CCCCCCC(C)ON=O. The molecule has 15 heavy (non-hydrogen) atoms. The molecule has 0 radical (unpaired) electrons. The summed E-state index contributed by atoms with van der Waals surface area (Å²) in [6, 6.07) is 0. The third-order valence-electron chi connectivity index (χ3n) is 1.69. The maximum absolute atomic E-state index is 9.63. The second-order valence-electron chi connectivity index (χ2n) is 3.36. The average molecular weight is 219 g/mol. The van der Waals surface area contributed by atoms with Gasteiger partial charge in [-0.1, -0.05) is 26.2 Å². The molecule has 5 heteroatoms. The van der Waals surface area contributed by atoms with E-state index in [1.165, 1.54) is 19.3 Å². The second kappa shape index (κ2) is 12.9. The predicted molar refractivity (Wildman–Crippen MR) is 58.4 cm³/mol. The third kappa shape index (κ3) is 24.6. The van der Waals surface area contributed by atoms with Gasteiger partial charge in [0.1, 0.15) is 6.10 Å². The molecule has 0 amide bonds. The molecule has 0 aliphatic rings. The second-order valence-corrected chi connectivity index (χ2v) is 3.36. The van der Waals surface area contributed by atoms with Crippen LogP contribution in [0.25, 0.3) is 0 Å². The van der Waals surface area contributed by atoms with Crippen LogP contribution in [0.4, 0.5) is 0 Å². The fraction of sp³-hybridized carbons (Fsp3) is 0.900. The van der Waals surface area contributed by atoms with Crippen molar-refractivity contribution in [3.05, 3.63) is 4.91 Å². The molecule has 0 aliphatic carbocycles. The number of carbonyl (C=O) groups is 1. The first-order valence-corrected chi connectivity index (χ1v) is 5.22. The summed E-state index contributed by atoms with van der Waals surface area (Å²) in [6.07, 6.45) is 5.78. The largest absolute Gasteiger partial charge is 0.481 e. The van der Waals surface area contributed by atoms with E-state index in [1.807, 2.05) is 6.92 Å². The third-order valence-corrected chi connectivity index (χ3v) is 1.69. The molecule has 90 valence electrons. The van der Waals surface area contributed by atoms with E-state index in [0.29, 0.717) is 0 Å². The molecule has 0 saturated carbocycles. The van der Waals surface area contributed by atoms with Gasteiger partial charge in [0, 0.05) is 6.92 Å². The van der Waals surface area contributed by atoms with Crippen LogP contribution in [0.1, 0.15) is 52.9 Å². The van der Waals surface area contributed by atoms with Gasteiger partial charge in [-0.05, 0) is 19.8 Å². The Bertz CT molecular complexity index is 158. The normalized spacial score (nSPS) is 10.9. The van der Waals surface area contributed by atoms with E-state index in [1.54, 1.807) is 0 Å². The number of carboxylic acids is 1. The van der Waals surface area contributed by atoms with Gasteiger partial charge in [-0.3, -0.25) is 4.79 Å². The number of carboxylic acid groups (broad SMARTS) is 1. The first-order valence-electron chi connectivity index (χ1n) is 5.22. The van der Waals surface area contributed by atoms with E-state index in [9.17, 15) is 4.91 Å². The molecule has 0 aromatic rings. The quantitative estimate of drug-likeness (QED) is 0.405. The lowest BCUT2D eigenvalue weighted by Crippen LogP contribution is -2.02. The van der Waals surface area contributed by atoms with Crippen molar-refractivity contribution in [3.63, 3.8) is 0 Å². The molecule has 0 aliphatic heterocycles. The van der Waals surface area contributed by atoms with Crippen LogP contribution < -0.4 is 0 Å². The fourth-order valence-electron chi connectivity index (χ4n) is 0.985. The molecule has 0 bridgehead atoms. The summed E-state index contributed by atoms with van der Waals surface area (Å²) in [7, 11) is 0. The van der Waals surface area contributed by atoms with E-state index in [-0.39, 0.29) is 6.10 Å². The summed E-state index contributed by atoms with van der Waals surface area (Å²) in [5, 5.41) is 9.80. The summed E-state index contributed by atoms with van der Waals surface area (Å²) in [6.45, 7) is 5.13. The zero-order chi connectivity index (χ0) is 12.1. The zero-order valence-corrected chi connectivity index (χ0v) is 9.73. The summed E-state index contributed by atoms with van der Waals surface area (Å²) in [5.41, 5.74) is 0. The number of rotatable bonds is 7. The number of aliphatic carboxylic acids is 1. The molecule has 0 spiro atoms. The lowest BCUT2D eigenvalue weighted by molar-refractivity contribution is -0.134. The predicted octanol–water partition coefficient (Wildman–Crippen LogP) is 3.13. The fourth-order valence-corrected chi connectivity index (χ4v) is 0.985. The van der Waals surface area contributed by atoms with Crippen molar-refractivity contribution < 1.29 is 14.7 Å². The van der Waals surface area contributed by atoms with Gasteiger partial charge in [0.2, 0.25) is 0 Å². The van der Waals surface area contributed by atoms with E-state index in [0.717, 1.165) is 19.8 Å². The van der Waals surface area contributed by atoms with Gasteiger partial charge >= 0.3 is 0 Å². The van der Waals surface area contributed by atoms with Crippen molar-refractivity contribution in [2.75, 3.05) is 0 Å². The summed E-state index contributed by atoms with van der Waals surface area (Å²) in [4.78, 5) is 23.1. The molecule has 1 atom stereocenters. The van der Waals surface area contributed by atoms with Crippen LogP contribution in [0.2, 0.25) is 0 Å². The van der Waals surface area contributed by atoms with Crippen molar-refractivity contribution >= 4 is 5.97 Å². The van der Waals surface area contributed by atoms with E-state index in [2.05, 4.69) is 17.1 Å². The maximum Gasteiger partial charge on any atom is 0.300 e. The van der Waals surface area contributed by atoms with Gasteiger partial charge in [0.05, 0.1) is 0 Å². The van der Waals surface area contributed by atoms with Crippen LogP contribution in [0, 0.1) is 4.91 Å².